The second-order valence-corrected chi connectivity index (χ2v) is 14.4. The molecule has 0 bridgehead atoms. The summed E-state index contributed by atoms with van der Waals surface area (Å²) < 4.78 is 9.89. The Morgan fingerprint density at radius 1 is 0.617 bits per heavy atom. The van der Waals surface area contributed by atoms with Gasteiger partial charge < -0.3 is 8.98 Å². The van der Waals surface area contributed by atoms with Crippen LogP contribution in [0.5, 0.6) is 0 Å². The predicted molar refractivity (Wildman–Crippen MR) is 199 cm³/mol. The van der Waals surface area contributed by atoms with Crippen molar-refractivity contribution in [1.29, 1.82) is 0 Å². The molecule has 0 saturated heterocycles. The molecule has 0 radical (unpaired) electrons. The van der Waals surface area contributed by atoms with E-state index in [1.165, 1.54) is 137 Å². The molecule has 0 atom stereocenters. The molecule has 236 valence electrons. The van der Waals surface area contributed by atoms with Gasteiger partial charge in [-0.05, 0) is 90.5 Å². The van der Waals surface area contributed by atoms with E-state index in [9.17, 15) is 0 Å². The highest BCUT2D eigenvalue weighted by atomic mass is 16.3. The summed E-state index contributed by atoms with van der Waals surface area (Å²) in [6.07, 6.45) is 15.3. The molecule has 2 aliphatic carbocycles. The fraction of sp³-hybridized carbons (Fsp3) is 0.333. The molecule has 2 nitrogen and oxygen atoms in total. The zero-order chi connectivity index (χ0) is 31.3. The number of furan rings is 1. The number of hydrogen-bond acceptors (Lipinski definition) is 1. The van der Waals surface area contributed by atoms with Gasteiger partial charge in [-0.25, -0.2) is 0 Å². The average Bonchev–Trinajstić information content (AvgIpc) is 3.69. The molecule has 9 rings (SSSR count). The first-order chi connectivity index (χ1) is 23.3. The Hall–Kier alpha value is -4.30. The maximum atomic E-state index is 7.44. The predicted octanol–water partition coefficient (Wildman–Crippen LogP) is 13.4. The fourth-order valence-electron chi connectivity index (χ4n) is 9.32. The molecular weight excluding hydrogens is 571 g/mol. The Labute approximate surface area is 278 Å². The summed E-state index contributed by atoms with van der Waals surface area (Å²) in [5, 5.41) is 5.25. The van der Waals surface area contributed by atoms with Gasteiger partial charge in [0.1, 0.15) is 5.58 Å². The third-order valence-corrected chi connectivity index (χ3v) is 11.5. The highest BCUT2D eigenvalue weighted by Gasteiger charge is 2.30. The number of hydrogen-bond donors (Lipinski definition) is 0. The smallest absolute Gasteiger partial charge is 0.159 e. The highest BCUT2D eigenvalue weighted by molar-refractivity contribution is 6.14. The van der Waals surface area contributed by atoms with E-state index in [1.807, 2.05) is 0 Å². The Morgan fingerprint density at radius 2 is 1.26 bits per heavy atom. The first-order valence-electron chi connectivity index (χ1n) is 18.4. The van der Waals surface area contributed by atoms with Gasteiger partial charge in [0.15, 0.2) is 5.58 Å². The Kier molecular flexibility index (Phi) is 7.41. The third kappa shape index (κ3) is 4.83. The van der Waals surface area contributed by atoms with Gasteiger partial charge in [0.25, 0.3) is 0 Å². The number of nitrogens with zero attached hydrogens (tertiary/aromatic N) is 1. The number of aryl methyl sites for hydroxylation is 1. The van der Waals surface area contributed by atoms with E-state index in [0.29, 0.717) is 11.8 Å². The molecule has 2 heterocycles. The summed E-state index contributed by atoms with van der Waals surface area (Å²) in [6.45, 7) is 2.29. The summed E-state index contributed by atoms with van der Waals surface area (Å²) in [6, 6.07) is 36.7. The summed E-state index contributed by atoms with van der Waals surface area (Å²) in [5.74, 6) is 1.09. The van der Waals surface area contributed by atoms with Crippen molar-refractivity contribution in [3.05, 3.63) is 114 Å². The van der Waals surface area contributed by atoms with Crippen molar-refractivity contribution in [3.63, 3.8) is 0 Å². The van der Waals surface area contributed by atoms with E-state index in [4.69, 9.17) is 4.42 Å². The van der Waals surface area contributed by atoms with Gasteiger partial charge in [0.05, 0.1) is 16.7 Å². The normalized spacial score (nSPS) is 16.6. The number of benzene rings is 5. The standard InChI is InChI=1S/C45H45NO/c1-2-15-30-16-13-21-33(28-30)38-29-37(31-17-5-3-6-18-31)43-36-24-14-27-41(44(36)47-45(43)42(38)32-19-7-4-8-20-32)46-39-25-11-9-22-34(39)35-23-10-12-26-40(35)46/h9-14,16,21-29,31-32H,2-8,15,17-20H2,1H3. The van der Waals surface area contributed by atoms with E-state index in [2.05, 4.69) is 109 Å². The first kappa shape index (κ1) is 28.9. The minimum Gasteiger partial charge on any atom is -0.454 e. The third-order valence-electron chi connectivity index (χ3n) is 11.5. The molecular formula is C45H45NO. The largest absolute Gasteiger partial charge is 0.454 e. The van der Waals surface area contributed by atoms with Gasteiger partial charge in [-0.3, -0.25) is 0 Å². The van der Waals surface area contributed by atoms with E-state index >= 15 is 0 Å². The molecule has 0 N–H and O–H groups in total. The summed E-state index contributed by atoms with van der Waals surface area (Å²) in [4.78, 5) is 0. The number of para-hydroxylation sites is 3. The van der Waals surface area contributed by atoms with Crippen LogP contribution in [-0.2, 0) is 6.42 Å². The molecule has 0 aliphatic heterocycles. The van der Waals surface area contributed by atoms with E-state index in [-0.39, 0.29) is 0 Å². The van der Waals surface area contributed by atoms with Crippen molar-refractivity contribution in [3.8, 4) is 16.8 Å². The van der Waals surface area contributed by atoms with Gasteiger partial charge in [0, 0.05) is 27.1 Å². The lowest BCUT2D eigenvalue weighted by atomic mass is 9.76. The van der Waals surface area contributed by atoms with Crippen molar-refractivity contribution in [2.75, 3.05) is 0 Å². The van der Waals surface area contributed by atoms with Crippen LogP contribution in [-0.4, -0.2) is 4.57 Å². The molecule has 0 amide bonds. The van der Waals surface area contributed by atoms with Gasteiger partial charge >= 0.3 is 0 Å². The molecule has 7 aromatic rings. The summed E-state index contributed by atoms with van der Waals surface area (Å²) >= 11 is 0. The molecule has 2 aromatic heterocycles. The minimum absolute atomic E-state index is 0.522. The Morgan fingerprint density at radius 3 is 1.96 bits per heavy atom. The van der Waals surface area contributed by atoms with Crippen LogP contribution in [0.2, 0.25) is 0 Å². The van der Waals surface area contributed by atoms with Crippen molar-refractivity contribution >= 4 is 43.7 Å². The number of aromatic nitrogens is 1. The monoisotopic (exact) mass is 615 g/mol. The van der Waals surface area contributed by atoms with Gasteiger partial charge in [-0.15, -0.1) is 0 Å². The van der Waals surface area contributed by atoms with Crippen LogP contribution in [0.4, 0.5) is 0 Å². The van der Waals surface area contributed by atoms with Crippen molar-refractivity contribution in [2.24, 2.45) is 0 Å². The molecule has 5 aromatic carbocycles. The molecule has 2 aliphatic rings. The number of rotatable bonds is 6. The van der Waals surface area contributed by atoms with Gasteiger partial charge in [-0.2, -0.15) is 0 Å². The van der Waals surface area contributed by atoms with Crippen LogP contribution in [0.3, 0.4) is 0 Å². The minimum atomic E-state index is 0.522. The molecule has 2 fully saturated rings. The van der Waals surface area contributed by atoms with E-state index < -0.39 is 0 Å². The molecule has 0 unspecified atom stereocenters. The van der Waals surface area contributed by atoms with Crippen LogP contribution in [0.25, 0.3) is 60.6 Å². The lowest BCUT2D eigenvalue weighted by Crippen LogP contribution is -2.10. The highest BCUT2D eigenvalue weighted by Crippen LogP contribution is 2.50. The van der Waals surface area contributed by atoms with Crippen LogP contribution >= 0.6 is 0 Å². The number of fused-ring (bicyclic) bond motifs is 6. The van der Waals surface area contributed by atoms with Crippen LogP contribution in [0.15, 0.2) is 101 Å². The zero-order valence-corrected chi connectivity index (χ0v) is 27.7. The van der Waals surface area contributed by atoms with Gasteiger partial charge in [0.2, 0.25) is 0 Å². The van der Waals surface area contributed by atoms with Crippen LogP contribution < -0.4 is 0 Å². The second kappa shape index (κ2) is 12.1. The summed E-state index contributed by atoms with van der Waals surface area (Å²) in [5.41, 5.74) is 13.0. The van der Waals surface area contributed by atoms with E-state index in [1.54, 1.807) is 0 Å². The van der Waals surface area contributed by atoms with Crippen molar-refractivity contribution < 1.29 is 4.42 Å². The van der Waals surface area contributed by atoms with Crippen molar-refractivity contribution in [1.82, 2.24) is 4.57 Å². The quantitative estimate of drug-likeness (QED) is 0.182. The fourth-order valence-corrected chi connectivity index (χ4v) is 9.32. The SMILES string of the molecule is CCCc1cccc(-c2cc(C3CCCCC3)c3c(oc4c(-n5c6ccccc6c6ccccc65)cccc43)c2C2CCCCC2)c1. The van der Waals surface area contributed by atoms with E-state index in [0.717, 1.165) is 17.7 Å². The molecule has 2 saturated carbocycles. The van der Waals surface area contributed by atoms with Crippen LogP contribution in [0, 0.1) is 0 Å². The molecule has 2 heteroatoms. The van der Waals surface area contributed by atoms with Gasteiger partial charge in [-0.1, -0.05) is 125 Å². The first-order valence-corrected chi connectivity index (χ1v) is 18.4. The average molecular weight is 616 g/mol. The molecule has 0 spiro atoms. The van der Waals surface area contributed by atoms with Crippen LogP contribution in [0.1, 0.15) is 106 Å². The lowest BCUT2D eigenvalue weighted by molar-refractivity contribution is 0.440. The molecule has 47 heavy (non-hydrogen) atoms. The lowest BCUT2D eigenvalue weighted by Gasteiger charge is -2.28. The van der Waals surface area contributed by atoms with Crippen molar-refractivity contribution in [2.45, 2.75) is 95.8 Å². The Bertz CT molecular complexity index is 2180. The summed E-state index contributed by atoms with van der Waals surface area (Å²) in [7, 11) is 0. The second-order valence-electron chi connectivity index (χ2n) is 14.4. The zero-order valence-electron chi connectivity index (χ0n) is 27.7. The maximum Gasteiger partial charge on any atom is 0.159 e. The Balaban J connectivity index is 1.39. The topological polar surface area (TPSA) is 18.1 Å². The maximum absolute atomic E-state index is 7.44.